The highest BCUT2D eigenvalue weighted by Gasteiger charge is 2.25. The van der Waals surface area contributed by atoms with E-state index in [9.17, 15) is 10.1 Å². The molecule has 2 heterocycles. The number of rotatable bonds is 9. The zero-order chi connectivity index (χ0) is 23.5. The second-order valence-electron chi connectivity index (χ2n) is 8.74. The molecule has 1 aliphatic carbocycles. The predicted octanol–water partition coefficient (Wildman–Crippen LogP) is 5.02. The fourth-order valence-electron chi connectivity index (χ4n) is 4.09. The van der Waals surface area contributed by atoms with Crippen molar-refractivity contribution in [2.75, 3.05) is 6.54 Å². The first kappa shape index (κ1) is 22.2. The lowest BCUT2D eigenvalue weighted by molar-refractivity contribution is 0.0985. The van der Waals surface area contributed by atoms with Gasteiger partial charge >= 0.3 is 0 Å². The van der Waals surface area contributed by atoms with E-state index in [4.69, 9.17) is 0 Å². The van der Waals surface area contributed by atoms with Crippen molar-refractivity contribution in [3.05, 3.63) is 99.3 Å². The molecular weight excluding hydrogens is 442 g/mol. The number of nitrogens with one attached hydrogen (secondary N) is 1. The van der Waals surface area contributed by atoms with Crippen molar-refractivity contribution in [3.8, 4) is 11.8 Å². The number of carbonyl (C=O) groups excluding carboxylic acids is 1. The number of nitrogens with zero attached hydrogens (tertiary/aromatic N) is 4. The van der Waals surface area contributed by atoms with E-state index in [0.717, 1.165) is 34.3 Å². The van der Waals surface area contributed by atoms with E-state index >= 15 is 0 Å². The normalized spacial score (nSPS) is 14.0. The van der Waals surface area contributed by atoms with Gasteiger partial charge in [0.2, 0.25) is 0 Å². The molecule has 2 aromatic heterocycles. The molecule has 34 heavy (non-hydrogen) atoms. The first-order valence-electron chi connectivity index (χ1n) is 11.4. The average molecular weight is 468 g/mol. The minimum atomic E-state index is -0.0168. The number of ketones is 1. The highest BCUT2D eigenvalue weighted by Crippen LogP contribution is 2.31. The molecule has 1 aliphatic rings. The van der Waals surface area contributed by atoms with Crippen LogP contribution in [0.4, 0.5) is 0 Å². The van der Waals surface area contributed by atoms with Crippen molar-refractivity contribution in [1.29, 1.82) is 5.26 Å². The molecule has 1 atom stereocenters. The Morgan fingerprint density at radius 1 is 1.24 bits per heavy atom. The maximum Gasteiger partial charge on any atom is 0.185 e. The van der Waals surface area contributed by atoms with E-state index in [1.807, 2.05) is 36.7 Å². The number of hydrogen-bond acceptors (Lipinski definition) is 6. The molecule has 0 amide bonds. The third kappa shape index (κ3) is 4.98. The molecule has 5 rings (SSSR count). The molecule has 1 saturated carbocycles. The number of Topliss-reactive ketones (excluding diaryl/α,β-unsaturated/α-hetero) is 1. The summed E-state index contributed by atoms with van der Waals surface area (Å²) in [4.78, 5) is 17.9. The summed E-state index contributed by atoms with van der Waals surface area (Å²) in [6.45, 7) is 2.85. The Labute approximate surface area is 202 Å². The van der Waals surface area contributed by atoms with Gasteiger partial charge < -0.3 is 5.32 Å². The predicted molar refractivity (Wildman–Crippen MR) is 132 cm³/mol. The summed E-state index contributed by atoms with van der Waals surface area (Å²) >= 11 is 1.64. The molecule has 6 nitrogen and oxygen atoms in total. The van der Waals surface area contributed by atoms with Gasteiger partial charge in [0, 0.05) is 18.0 Å². The maximum atomic E-state index is 13.4. The van der Waals surface area contributed by atoms with Crippen LogP contribution in [0.3, 0.4) is 0 Å². The molecule has 1 N–H and O–H groups in total. The highest BCUT2D eigenvalue weighted by atomic mass is 32.1. The Morgan fingerprint density at radius 3 is 2.85 bits per heavy atom. The Hall–Kier alpha value is -3.60. The largest absolute Gasteiger partial charge is 0.304 e. The van der Waals surface area contributed by atoms with Crippen LogP contribution in [0.15, 0.2) is 66.2 Å². The summed E-state index contributed by atoms with van der Waals surface area (Å²) in [6.07, 6.45) is 4.68. The van der Waals surface area contributed by atoms with Crippen LogP contribution in [0.2, 0.25) is 0 Å². The molecule has 0 spiro atoms. The third-order valence-corrected chi connectivity index (χ3v) is 6.83. The van der Waals surface area contributed by atoms with Crippen LogP contribution in [0, 0.1) is 24.2 Å². The van der Waals surface area contributed by atoms with E-state index in [-0.39, 0.29) is 18.2 Å². The molecule has 7 heteroatoms. The lowest BCUT2D eigenvalue weighted by atomic mass is 10.00. The average Bonchev–Trinajstić information content (AvgIpc) is 3.35. The number of thiazole rings is 1. The van der Waals surface area contributed by atoms with Gasteiger partial charge in [-0.25, -0.2) is 9.67 Å². The van der Waals surface area contributed by atoms with E-state index in [1.54, 1.807) is 40.3 Å². The molecule has 4 aromatic rings. The topological polar surface area (TPSA) is 83.6 Å². The molecule has 0 radical (unpaired) electrons. The minimum absolute atomic E-state index is 0.0168. The Bertz CT molecular complexity index is 1350. The van der Waals surface area contributed by atoms with Crippen LogP contribution in [0.25, 0.3) is 5.69 Å². The molecule has 1 fully saturated rings. The Morgan fingerprint density at radius 2 is 2.09 bits per heavy atom. The van der Waals surface area contributed by atoms with Crippen molar-refractivity contribution in [3.63, 3.8) is 0 Å². The summed E-state index contributed by atoms with van der Waals surface area (Å²) in [5.74, 6) is 0.743. The first-order valence-corrected chi connectivity index (χ1v) is 12.3. The quantitative estimate of drug-likeness (QED) is 0.349. The fraction of sp³-hybridized carbons (Fsp3) is 0.259. The number of hydrogen-bond donors (Lipinski definition) is 1. The van der Waals surface area contributed by atoms with Crippen molar-refractivity contribution < 1.29 is 4.79 Å². The number of aromatic nitrogens is 3. The number of nitriles is 1. The number of aryl methyl sites for hydroxylation is 1. The van der Waals surface area contributed by atoms with Gasteiger partial charge in [-0.15, -0.1) is 11.3 Å². The van der Waals surface area contributed by atoms with Crippen LogP contribution >= 0.6 is 11.3 Å². The van der Waals surface area contributed by atoms with Crippen LogP contribution in [-0.4, -0.2) is 27.1 Å². The van der Waals surface area contributed by atoms with Gasteiger partial charge in [0.1, 0.15) is 10.7 Å². The van der Waals surface area contributed by atoms with Gasteiger partial charge in [-0.2, -0.15) is 10.4 Å². The molecule has 170 valence electrons. The van der Waals surface area contributed by atoms with Gasteiger partial charge in [0.25, 0.3) is 0 Å². The molecule has 0 saturated heterocycles. The summed E-state index contributed by atoms with van der Waals surface area (Å²) in [7, 11) is 0. The first-order chi connectivity index (χ1) is 16.6. The lowest BCUT2D eigenvalue weighted by Crippen LogP contribution is -2.24. The van der Waals surface area contributed by atoms with Gasteiger partial charge in [0.05, 0.1) is 29.1 Å². The smallest absolute Gasteiger partial charge is 0.185 e. The van der Waals surface area contributed by atoms with Gasteiger partial charge in [-0.1, -0.05) is 30.3 Å². The van der Waals surface area contributed by atoms with Crippen molar-refractivity contribution >= 4 is 17.1 Å². The summed E-state index contributed by atoms with van der Waals surface area (Å²) in [6, 6.07) is 19.3. The zero-order valence-corrected chi connectivity index (χ0v) is 19.8. The SMILES string of the molecule is Cc1cc(C(=O)Cc2cccc(C(NCC3CC3)c3nccs3)c2)n(-c2cccc(C#N)c2)n1. The van der Waals surface area contributed by atoms with Gasteiger partial charge in [0.15, 0.2) is 5.78 Å². The standard InChI is InChI=1S/C27H25N5OS/c1-18-12-24(32(31-18)23-7-3-5-21(14-23)16-28)25(33)15-20-4-2-6-22(13-20)26(27-29-10-11-34-27)30-17-19-8-9-19/h2-7,10-14,19,26,30H,8-9,15,17H2,1H3. The highest BCUT2D eigenvalue weighted by molar-refractivity contribution is 7.09. The molecule has 0 bridgehead atoms. The van der Waals surface area contributed by atoms with Crippen molar-refractivity contribution in [2.24, 2.45) is 5.92 Å². The maximum absolute atomic E-state index is 13.4. The molecular formula is C27H25N5OS. The summed E-state index contributed by atoms with van der Waals surface area (Å²) in [5, 5.41) is 20.5. The molecule has 0 aliphatic heterocycles. The van der Waals surface area contributed by atoms with Crippen molar-refractivity contribution in [1.82, 2.24) is 20.1 Å². The summed E-state index contributed by atoms with van der Waals surface area (Å²) in [5.41, 5.74) is 4.58. The monoisotopic (exact) mass is 467 g/mol. The van der Waals surface area contributed by atoms with E-state index < -0.39 is 0 Å². The second kappa shape index (κ2) is 9.72. The lowest BCUT2D eigenvalue weighted by Gasteiger charge is -2.18. The van der Waals surface area contributed by atoms with Crippen LogP contribution in [0.5, 0.6) is 0 Å². The number of carbonyl (C=O) groups is 1. The molecule has 1 unspecified atom stereocenters. The molecule has 2 aromatic carbocycles. The van der Waals surface area contributed by atoms with Crippen LogP contribution < -0.4 is 5.32 Å². The second-order valence-corrected chi connectivity index (χ2v) is 9.67. The minimum Gasteiger partial charge on any atom is -0.304 e. The Balaban J connectivity index is 1.40. The van der Waals surface area contributed by atoms with Gasteiger partial charge in [-0.05, 0) is 67.6 Å². The summed E-state index contributed by atoms with van der Waals surface area (Å²) < 4.78 is 1.64. The van der Waals surface area contributed by atoms with Crippen LogP contribution in [-0.2, 0) is 6.42 Å². The van der Waals surface area contributed by atoms with Crippen molar-refractivity contribution in [2.45, 2.75) is 32.2 Å². The van der Waals surface area contributed by atoms with E-state index in [0.29, 0.717) is 16.9 Å². The van der Waals surface area contributed by atoms with E-state index in [2.05, 4.69) is 33.6 Å². The van der Waals surface area contributed by atoms with Gasteiger partial charge in [-0.3, -0.25) is 4.79 Å². The third-order valence-electron chi connectivity index (χ3n) is 5.99. The van der Waals surface area contributed by atoms with E-state index in [1.165, 1.54) is 12.8 Å². The fourth-order valence-corrected chi connectivity index (χ4v) is 4.83. The Kier molecular flexibility index (Phi) is 6.35. The zero-order valence-electron chi connectivity index (χ0n) is 18.9. The van der Waals surface area contributed by atoms with Crippen LogP contribution in [0.1, 0.15) is 56.8 Å². The number of benzene rings is 2.